The highest BCUT2D eigenvalue weighted by atomic mass is 35.5. The maximum absolute atomic E-state index is 6.12. The lowest BCUT2D eigenvalue weighted by molar-refractivity contribution is 0.575. The van der Waals surface area contributed by atoms with Crippen LogP contribution in [0.4, 0.5) is 0 Å². The quantitative estimate of drug-likeness (QED) is 0.903. The molecule has 0 amide bonds. The maximum atomic E-state index is 6.12. The van der Waals surface area contributed by atoms with E-state index >= 15 is 0 Å². The van der Waals surface area contributed by atoms with Crippen LogP contribution in [-0.4, -0.2) is 22.1 Å². The van der Waals surface area contributed by atoms with E-state index in [1.807, 2.05) is 12.1 Å². The summed E-state index contributed by atoms with van der Waals surface area (Å²) >= 11 is 6.12. The molecule has 0 saturated carbocycles. The summed E-state index contributed by atoms with van der Waals surface area (Å²) in [6.07, 6.45) is 3.53. The molecule has 1 aliphatic rings. The van der Waals surface area contributed by atoms with Gasteiger partial charge in [0, 0.05) is 24.5 Å². The first-order chi connectivity index (χ1) is 8.65. The maximum Gasteiger partial charge on any atom is 0.111 e. The van der Waals surface area contributed by atoms with Gasteiger partial charge >= 0.3 is 0 Å². The minimum absolute atomic E-state index is 0.580. The first-order valence-corrected chi connectivity index (χ1v) is 6.88. The van der Waals surface area contributed by atoms with Crippen LogP contribution in [0.5, 0.6) is 0 Å². The molecular formula is C14H18ClN3. The highest BCUT2D eigenvalue weighted by Crippen LogP contribution is 2.24. The summed E-state index contributed by atoms with van der Waals surface area (Å²) in [4.78, 5) is 4.78. The van der Waals surface area contributed by atoms with E-state index in [1.54, 1.807) is 0 Å². The fraction of sp³-hybridized carbons (Fsp3) is 0.500. The summed E-state index contributed by atoms with van der Waals surface area (Å²) in [5, 5.41) is 4.31. The van der Waals surface area contributed by atoms with Gasteiger partial charge in [-0.25, -0.2) is 4.98 Å². The van der Waals surface area contributed by atoms with E-state index in [0.717, 1.165) is 40.4 Å². The molecule has 1 N–H and O–H groups in total. The van der Waals surface area contributed by atoms with Crippen LogP contribution in [0.15, 0.2) is 12.1 Å². The van der Waals surface area contributed by atoms with E-state index in [0.29, 0.717) is 6.04 Å². The smallest absolute Gasteiger partial charge is 0.111 e. The number of hydrogen-bond acceptors (Lipinski definition) is 2. The molecule has 0 radical (unpaired) electrons. The molecule has 96 valence electrons. The number of rotatable bonds is 2. The number of nitrogens with one attached hydrogen (secondary N) is 1. The molecule has 0 spiro atoms. The summed E-state index contributed by atoms with van der Waals surface area (Å²) in [6.45, 7) is 3.21. The van der Waals surface area contributed by atoms with Crippen molar-refractivity contribution in [1.29, 1.82) is 0 Å². The number of benzene rings is 1. The third-order valence-electron chi connectivity index (χ3n) is 3.83. The highest BCUT2D eigenvalue weighted by Gasteiger charge is 2.18. The van der Waals surface area contributed by atoms with Crippen molar-refractivity contribution in [3.63, 3.8) is 0 Å². The highest BCUT2D eigenvalue weighted by molar-refractivity contribution is 6.31. The molecule has 1 aliphatic heterocycles. The molecule has 4 heteroatoms. The van der Waals surface area contributed by atoms with Crippen molar-refractivity contribution in [3.05, 3.63) is 28.5 Å². The number of nitrogens with zero attached hydrogens (tertiary/aromatic N) is 2. The van der Waals surface area contributed by atoms with Gasteiger partial charge in [-0.1, -0.05) is 11.6 Å². The Bertz CT molecular complexity index is 582. The molecule has 1 saturated heterocycles. The van der Waals surface area contributed by atoms with Crippen molar-refractivity contribution in [1.82, 2.24) is 14.9 Å². The van der Waals surface area contributed by atoms with Crippen molar-refractivity contribution in [3.8, 4) is 0 Å². The zero-order chi connectivity index (χ0) is 12.7. The summed E-state index contributed by atoms with van der Waals surface area (Å²) in [5.74, 6) is 1.15. The Hall–Kier alpha value is -1.06. The van der Waals surface area contributed by atoms with Gasteiger partial charge in [0.05, 0.1) is 11.0 Å². The van der Waals surface area contributed by atoms with E-state index in [-0.39, 0.29) is 0 Å². The van der Waals surface area contributed by atoms with Gasteiger partial charge in [-0.3, -0.25) is 0 Å². The van der Waals surface area contributed by atoms with Crippen molar-refractivity contribution in [2.45, 2.75) is 32.2 Å². The predicted molar refractivity (Wildman–Crippen MR) is 75.2 cm³/mol. The van der Waals surface area contributed by atoms with Crippen LogP contribution >= 0.6 is 11.6 Å². The molecule has 3 rings (SSSR count). The lowest BCUT2D eigenvalue weighted by atomic mass is 10.1. The van der Waals surface area contributed by atoms with Crippen LogP contribution in [0, 0.1) is 6.92 Å². The first kappa shape index (κ1) is 12.0. The lowest BCUT2D eigenvalue weighted by Crippen LogP contribution is -2.25. The van der Waals surface area contributed by atoms with Crippen molar-refractivity contribution >= 4 is 22.6 Å². The van der Waals surface area contributed by atoms with Gasteiger partial charge in [0.1, 0.15) is 5.82 Å². The van der Waals surface area contributed by atoms with Gasteiger partial charge in [-0.2, -0.15) is 0 Å². The normalized spacial score (nSPS) is 19.8. The average molecular weight is 264 g/mol. The van der Waals surface area contributed by atoms with Crippen molar-refractivity contribution in [2.24, 2.45) is 7.05 Å². The minimum atomic E-state index is 0.580. The zero-order valence-corrected chi connectivity index (χ0v) is 11.6. The van der Waals surface area contributed by atoms with Crippen LogP contribution < -0.4 is 5.32 Å². The largest absolute Gasteiger partial charge is 0.331 e. The molecule has 18 heavy (non-hydrogen) atoms. The number of halogens is 1. The second-order valence-electron chi connectivity index (χ2n) is 5.17. The van der Waals surface area contributed by atoms with E-state index < -0.39 is 0 Å². The number of aryl methyl sites for hydroxylation is 2. The van der Waals surface area contributed by atoms with Crippen LogP contribution in [0.25, 0.3) is 11.0 Å². The Morgan fingerprint density at radius 3 is 3.06 bits per heavy atom. The Morgan fingerprint density at radius 2 is 2.33 bits per heavy atom. The van der Waals surface area contributed by atoms with Crippen LogP contribution in [0.3, 0.4) is 0 Å². The Morgan fingerprint density at radius 1 is 1.50 bits per heavy atom. The van der Waals surface area contributed by atoms with Gasteiger partial charge < -0.3 is 9.88 Å². The molecular weight excluding hydrogens is 246 g/mol. The average Bonchev–Trinajstić information content (AvgIpc) is 2.91. The second kappa shape index (κ2) is 4.56. The van der Waals surface area contributed by atoms with Crippen LogP contribution in [0.2, 0.25) is 5.02 Å². The Balaban J connectivity index is 2.02. The second-order valence-corrected chi connectivity index (χ2v) is 5.61. The molecule has 1 fully saturated rings. The van der Waals surface area contributed by atoms with E-state index in [1.165, 1.54) is 12.8 Å². The number of aromatic nitrogens is 2. The Labute approximate surface area is 112 Å². The number of imidazole rings is 1. The molecule has 2 heterocycles. The topological polar surface area (TPSA) is 29.9 Å². The predicted octanol–water partition coefficient (Wildman–Crippen LogP) is 2.83. The lowest BCUT2D eigenvalue weighted by Gasteiger charge is -2.09. The van der Waals surface area contributed by atoms with E-state index in [4.69, 9.17) is 16.6 Å². The van der Waals surface area contributed by atoms with Gasteiger partial charge in [0.2, 0.25) is 0 Å². The van der Waals surface area contributed by atoms with E-state index in [9.17, 15) is 0 Å². The number of hydrogen-bond donors (Lipinski definition) is 1. The Kier molecular flexibility index (Phi) is 3.04. The first-order valence-electron chi connectivity index (χ1n) is 6.50. The van der Waals surface area contributed by atoms with E-state index in [2.05, 4.69) is 23.9 Å². The van der Waals surface area contributed by atoms with Crippen molar-refractivity contribution < 1.29 is 0 Å². The molecule has 0 bridgehead atoms. The molecule has 1 aromatic heterocycles. The molecule has 0 aliphatic carbocycles. The third-order valence-corrected chi connectivity index (χ3v) is 4.04. The SMILES string of the molecule is Cc1cc(Cl)cc2c1nc(CC1CCCN1)n2C. The fourth-order valence-corrected chi connectivity index (χ4v) is 3.06. The monoisotopic (exact) mass is 263 g/mol. The summed E-state index contributed by atoms with van der Waals surface area (Å²) in [7, 11) is 2.08. The standard InChI is InChI=1S/C14H18ClN3/c1-9-6-10(15)7-12-14(9)17-13(18(12)2)8-11-4-3-5-16-11/h6-7,11,16H,3-5,8H2,1-2H3. The minimum Gasteiger partial charge on any atom is -0.331 e. The van der Waals surface area contributed by atoms with Crippen molar-refractivity contribution in [2.75, 3.05) is 6.54 Å². The van der Waals surface area contributed by atoms with Crippen LogP contribution in [-0.2, 0) is 13.5 Å². The van der Waals surface area contributed by atoms with Gasteiger partial charge in [0.25, 0.3) is 0 Å². The summed E-state index contributed by atoms with van der Waals surface area (Å²) < 4.78 is 2.17. The van der Waals surface area contributed by atoms with Gasteiger partial charge in [-0.05, 0) is 44.0 Å². The number of fused-ring (bicyclic) bond motifs is 1. The van der Waals surface area contributed by atoms with Crippen LogP contribution in [0.1, 0.15) is 24.2 Å². The fourth-order valence-electron chi connectivity index (χ4n) is 2.80. The molecule has 1 atom stereocenters. The van der Waals surface area contributed by atoms with Gasteiger partial charge in [-0.15, -0.1) is 0 Å². The molecule has 1 unspecified atom stereocenters. The summed E-state index contributed by atoms with van der Waals surface area (Å²) in [5.41, 5.74) is 3.36. The van der Waals surface area contributed by atoms with Gasteiger partial charge in [0.15, 0.2) is 0 Å². The molecule has 1 aromatic carbocycles. The summed E-state index contributed by atoms with van der Waals surface area (Å²) in [6, 6.07) is 4.56. The molecule has 3 nitrogen and oxygen atoms in total. The zero-order valence-electron chi connectivity index (χ0n) is 10.8. The third kappa shape index (κ3) is 2.02. The molecule has 2 aromatic rings.